The van der Waals surface area contributed by atoms with Crippen LogP contribution in [0.25, 0.3) is 11.0 Å². The lowest BCUT2D eigenvalue weighted by Crippen LogP contribution is -2.37. The van der Waals surface area contributed by atoms with Gasteiger partial charge in [0, 0.05) is 25.0 Å². The number of nitrogens with zero attached hydrogens (tertiary/aromatic N) is 2. The quantitative estimate of drug-likeness (QED) is 0.143. The van der Waals surface area contributed by atoms with Gasteiger partial charge >= 0.3 is 5.69 Å². The number of benzene rings is 4. The van der Waals surface area contributed by atoms with Crippen molar-refractivity contribution >= 4 is 11.0 Å². The number of phenolic OH excluding ortho intramolecular Hbond substituents is 2. The third-order valence-corrected chi connectivity index (χ3v) is 8.53. The molecule has 1 saturated heterocycles. The Morgan fingerprint density at radius 1 is 0.844 bits per heavy atom. The van der Waals surface area contributed by atoms with Gasteiger partial charge in [-0.3, -0.25) is 4.57 Å². The molecule has 0 saturated carbocycles. The van der Waals surface area contributed by atoms with E-state index in [4.69, 9.17) is 15.9 Å². The molecular formula is C36H40F2N4O3. The number of nitrogens with two attached hydrogens (primary N) is 1. The fraction of sp³-hybridized carbons (Fsp3) is 0.306. The van der Waals surface area contributed by atoms with E-state index in [0.29, 0.717) is 13.0 Å². The largest absolute Gasteiger partial charge is 0.504 e. The summed E-state index contributed by atoms with van der Waals surface area (Å²) in [6.07, 6.45) is 4.49. The Hall–Kier alpha value is -4.47. The molecule has 6 rings (SSSR count). The number of halogens is 2. The molecular weight excluding hydrogens is 574 g/mol. The number of fused-ring (bicyclic) bond motifs is 1. The Morgan fingerprint density at radius 2 is 1.47 bits per heavy atom. The highest BCUT2D eigenvalue weighted by molar-refractivity contribution is 5.75. The third-order valence-electron chi connectivity index (χ3n) is 8.53. The summed E-state index contributed by atoms with van der Waals surface area (Å²) in [5.74, 6) is -0.581. The van der Waals surface area contributed by atoms with Crippen LogP contribution < -0.4 is 11.4 Å². The Morgan fingerprint density at radius 3 is 2.07 bits per heavy atom. The molecule has 45 heavy (non-hydrogen) atoms. The summed E-state index contributed by atoms with van der Waals surface area (Å²) >= 11 is 0. The smallest absolute Gasteiger partial charge is 0.326 e. The second-order valence-electron chi connectivity index (χ2n) is 11.5. The number of para-hydroxylation sites is 2. The van der Waals surface area contributed by atoms with Crippen molar-refractivity contribution in [1.29, 1.82) is 0 Å². The number of aromatic amines is 1. The van der Waals surface area contributed by atoms with Crippen molar-refractivity contribution < 1.29 is 19.0 Å². The highest BCUT2D eigenvalue weighted by Gasteiger charge is 2.24. The van der Waals surface area contributed by atoms with E-state index in [-0.39, 0.29) is 40.8 Å². The van der Waals surface area contributed by atoms with E-state index in [9.17, 15) is 13.6 Å². The minimum Gasteiger partial charge on any atom is -0.504 e. The van der Waals surface area contributed by atoms with Crippen LogP contribution in [0, 0.1) is 11.6 Å². The number of hydrogen-bond donors (Lipinski definition) is 4. The highest BCUT2D eigenvalue weighted by atomic mass is 19.1. The number of aromatic nitrogens is 2. The second kappa shape index (κ2) is 15.0. The maximum Gasteiger partial charge on any atom is 0.326 e. The van der Waals surface area contributed by atoms with Gasteiger partial charge in [0.25, 0.3) is 0 Å². The molecule has 1 fully saturated rings. The average molecular weight is 615 g/mol. The first kappa shape index (κ1) is 31.9. The minimum atomic E-state index is -0.251. The predicted octanol–water partition coefficient (Wildman–Crippen LogP) is 6.46. The van der Waals surface area contributed by atoms with Gasteiger partial charge in [-0.25, -0.2) is 13.6 Å². The second-order valence-corrected chi connectivity index (χ2v) is 11.5. The number of imidazole rings is 1. The summed E-state index contributed by atoms with van der Waals surface area (Å²) in [6.45, 7) is 3.42. The van der Waals surface area contributed by atoms with Crippen molar-refractivity contribution in [3.05, 3.63) is 130 Å². The number of rotatable bonds is 9. The maximum absolute atomic E-state index is 13.5. The molecule has 0 unspecified atom stereocenters. The first-order chi connectivity index (χ1) is 21.8. The van der Waals surface area contributed by atoms with Gasteiger partial charge < -0.3 is 25.8 Å². The number of piperidine rings is 1. The van der Waals surface area contributed by atoms with Crippen molar-refractivity contribution in [3.8, 4) is 11.5 Å². The fourth-order valence-electron chi connectivity index (χ4n) is 6.16. The van der Waals surface area contributed by atoms with Gasteiger partial charge in [0.1, 0.15) is 11.6 Å². The molecule has 0 radical (unpaired) electrons. The van der Waals surface area contributed by atoms with Crippen LogP contribution in [-0.2, 0) is 6.42 Å². The zero-order valence-corrected chi connectivity index (χ0v) is 25.2. The average Bonchev–Trinajstić information content (AvgIpc) is 3.39. The number of phenols is 2. The Labute approximate surface area is 261 Å². The summed E-state index contributed by atoms with van der Waals surface area (Å²) in [7, 11) is 0. The summed E-state index contributed by atoms with van der Waals surface area (Å²) < 4.78 is 28.9. The molecule has 1 aromatic heterocycles. The Bertz CT molecular complexity index is 1680. The van der Waals surface area contributed by atoms with E-state index >= 15 is 0 Å². The molecule has 1 aliphatic heterocycles. The molecule has 2 heterocycles. The number of likely N-dealkylation sites (tertiary alicyclic amines) is 1. The Balaban J connectivity index is 0.000000309. The summed E-state index contributed by atoms with van der Waals surface area (Å²) in [5, 5.41) is 18.0. The zero-order valence-electron chi connectivity index (χ0n) is 25.2. The van der Waals surface area contributed by atoms with E-state index in [1.54, 1.807) is 6.07 Å². The van der Waals surface area contributed by atoms with Crippen molar-refractivity contribution in [3.63, 3.8) is 0 Å². The first-order valence-electron chi connectivity index (χ1n) is 15.5. The van der Waals surface area contributed by atoms with Crippen molar-refractivity contribution in [2.75, 3.05) is 26.2 Å². The molecule has 0 spiro atoms. The lowest BCUT2D eigenvalue weighted by molar-refractivity contribution is 0.183. The molecule has 4 aromatic carbocycles. The molecule has 1 aliphatic rings. The number of hydrogen-bond acceptors (Lipinski definition) is 5. The van der Waals surface area contributed by atoms with Gasteiger partial charge in [-0.1, -0.05) is 42.5 Å². The van der Waals surface area contributed by atoms with Gasteiger partial charge in [0.2, 0.25) is 0 Å². The van der Waals surface area contributed by atoms with Crippen LogP contribution in [0.1, 0.15) is 54.3 Å². The molecule has 7 nitrogen and oxygen atoms in total. The van der Waals surface area contributed by atoms with E-state index < -0.39 is 0 Å². The van der Waals surface area contributed by atoms with Crippen LogP contribution in [0.15, 0.2) is 95.8 Å². The summed E-state index contributed by atoms with van der Waals surface area (Å²) in [5.41, 5.74) is 10.2. The highest BCUT2D eigenvalue weighted by Crippen LogP contribution is 2.31. The van der Waals surface area contributed by atoms with Crippen LogP contribution in [-0.4, -0.2) is 50.8 Å². The number of H-pyrrole nitrogens is 1. The third kappa shape index (κ3) is 8.17. The van der Waals surface area contributed by atoms with Crippen molar-refractivity contribution in [1.82, 2.24) is 14.5 Å². The van der Waals surface area contributed by atoms with Crippen molar-refractivity contribution in [2.24, 2.45) is 5.73 Å². The standard InChI is InChI=1S/C28H29F2N3O.C8H11NO2/c29-22-11-7-20(8-12-22)25(21-9-13-23(30)14-10-21)4-3-17-32-18-15-24(16-19-32)33-27-6-2-1-5-26(27)31-28(33)34;9-4-3-6-1-2-7(10)8(11)5-6/h1-2,5-14,24-25H,3-4,15-19H2,(H,31,34);1-2,5,10-11H,3-4,9H2. The van der Waals surface area contributed by atoms with Gasteiger partial charge in [0.05, 0.1) is 11.0 Å². The molecule has 0 amide bonds. The number of nitrogens with one attached hydrogen (secondary N) is 1. The van der Waals surface area contributed by atoms with Gasteiger partial charge in [-0.2, -0.15) is 0 Å². The first-order valence-corrected chi connectivity index (χ1v) is 15.5. The van der Waals surface area contributed by atoms with Crippen LogP contribution in [0.3, 0.4) is 0 Å². The van der Waals surface area contributed by atoms with Gasteiger partial charge in [-0.05, 0) is 110 Å². The summed E-state index contributed by atoms with van der Waals surface area (Å²) in [6, 6.07) is 26.1. The van der Waals surface area contributed by atoms with Crippen molar-refractivity contribution in [2.45, 2.75) is 44.1 Å². The molecule has 0 aliphatic carbocycles. The van der Waals surface area contributed by atoms with Gasteiger partial charge in [0.15, 0.2) is 11.5 Å². The van der Waals surface area contributed by atoms with E-state index in [0.717, 1.165) is 73.0 Å². The maximum atomic E-state index is 13.5. The monoisotopic (exact) mass is 614 g/mol. The molecule has 0 atom stereocenters. The topological polar surface area (TPSA) is 108 Å². The zero-order chi connectivity index (χ0) is 31.8. The van der Waals surface area contributed by atoms with E-state index in [2.05, 4.69) is 9.88 Å². The van der Waals surface area contributed by atoms with E-state index in [1.165, 1.54) is 36.4 Å². The molecule has 0 bridgehead atoms. The van der Waals surface area contributed by atoms with Crippen LogP contribution >= 0.6 is 0 Å². The fourth-order valence-corrected chi connectivity index (χ4v) is 6.16. The normalized spacial score (nSPS) is 14.0. The molecule has 5 N–H and O–H groups in total. The van der Waals surface area contributed by atoms with Crippen LogP contribution in [0.2, 0.25) is 0 Å². The molecule has 9 heteroatoms. The molecule has 236 valence electrons. The SMILES string of the molecule is NCCc1ccc(O)c(O)c1.O=c1[nH]c2ccccc2n1C1CCN(CCCC(c2ccc(F)cc2)c2ccc(F)cc2)CC1. The summed E-state index contributed by atoms with van der Waals surface area (Å²) in [4.78, 5) is 18.0. The van der Waals surface area contributed by atoms with E-state index in [1.807, 2.05) is 53.1 Å². The minimum absolute atomic E-state index is 0.0268. The van der Waals surface area contributed by atoms with Gasteiger partial charge in [-0.15, -0.1) is 0 Å². The lowest BCUT2D eigenvalue weighted by Gasteiger charge is -2.32. The predicted molar refractivity (Wildman–Crippen MR) is 174 cm³/mol. The Kier molecular flexibility index (Phi) is 10.7. The molecule has 5 aromatic rings. The number of aromatic hydroxyl groups is 2. The van der Waals surface area contributed by atoms with Crippen LogP contribution in [0.5, 0.6) is 11.5 Å². The van der Waals surface area contributed by atoms with Crippen LogP contribution in [0.4, 0.5) is 8.78 Å². The lowest BCUT2D eigenvalue weighted by atomic mass is 9.87.